The van der Waals surface area contributed by atoms with E-state index < -0.39 is 28.0 Å². The molecule has 57 heavy (non-hydrogen) atoms. The quantitative estimate of drug-likeness (QED) is 0.0325. The maximum absolute atomic E-state index is 12.5. The van der Waals surface area contributed by atoms with E-state index in [0.29, 0.717) is 12.8 Å². The second-order valence-corrected chi connectivity index (χ2v) is 16.8. The second-order valence-electron chi connectivity index (χ2n) is 15.3. The Morgan fingerprint density at radius 1 is 0.491 bits per heavy atom. The summed E-state index contributed by atoms with van der Waals surface area (Å²) < 4.78 is 32.6. The van der Waals surface area contributed by atoms with Gasteiger partial charge in [-0.1, -0.05) is 201 Å². The van der Waals surface area contributed by atoms with Crippen LogP contribution in [-0.2, 0) is 14.9 Å². The molecular weight excluding hydrogens is 727 g/mol. The molecule has 0 aliphatic heterocycles. The molecule has 0 rings (SSSR count). The van der Waals surface area contributed by atoms with Gasteiger partial charge in [0.1, 0.15) is 0 Å². The Morgan fingerprint density at radius 2 is 0.860 bits per heavy atom. The van der Waals surface area contributed by atoms with Gasteiger partial charge in [0.15, 0.2) is 0 Å². The fourth-order valence-electron chi connectivity index (χ4n) is 6.35. The van der Waals surface area contributed by atoms with Crippen molar-refractivity contribution in [2.45, 2.75) is 206 Å². The molecule has 0 aliphatic rings. The third kappa shape index (κ3) is 44.2. The summed E-state index contributed by atoms with van der Waals surface area (Å²) in [6, 6.07) is -1.10. The zero-order chi connectivity index (χ0) is 41.8. The largest absolute Gasteiger partial charge is 0.387 e. The Hall–Kier alpha value is -2.74. The van der Waals surface area contributed by atoms with Gasteiger partial charge >= 0.3 is 0 Å². The normalized spacial score (nSPS) is 14.1. The van der Waals surface area contributed by atoms with E-state index in [0.717, 1.165) is 64.2 Å². The van der Waals surface area contributed by atoms with Crippen LogP contribution in [0.25, 0.3) is 0 Å². The molecule has 0 saturated carbocycles. The van der Waals surface area contributed by atoms with Gasteiger partial charge in [-0.05, 0) is 83.5 Å². The minimum Gasteiger partial charge on any atom is -0.387 e. The molecule has 326 valence electrons. The van der Waals surface area contributed by atoms with Crippen LogP contribution < -0.4 is 5.32 Å². The van der Waals surface area contributed by atoms with E-state index in [2.05, 4.69) is 104 Å². The van der Waals surface area contributed by atoms with Gasteiger partial charge in [0, 0.05) is 6.42 Å². The van der Waals surface area contributed by atoms with Gasteiger partial charge < -0.3 is 10.4 Å². The topological polar surface area (TPSA) is 104 Å². The average molecular weight is 812 g/mol. The molecule has 6 nitrogen and oxygen atoms in total. The van der Waals surface area contributed by atoms with Crippen molar-refractivity contribution in [3.8, 4) is 0 Å². The van der Waals surface area contributed by atoms with Crippen molar-refractivity contribution in [2.24, 2.45) is 0 Å². The zero-order valence-electron chi connectivity index (χ0n) is 36.4. The lowest BCUT2D eigenvalue weighted by Crippen LogP contribution is -2.46. The van der Waals surface area contributed by atoms with Crippen LogP contribution in [0.2, 0.25) is 0 Å². The van der Waals surface area contributed by atoms with Crippen LogP contribution in [0.15, 0.2) is 97.2 Å². The lowest BCUT2D eigenvalue weighted by atomic mass is 10.0. The summed E-state index contributed by atoms with van der Waals surface area (Å²) in [6.45, 7) is 4.42. The van der Waals surface area contributed by atoms with Crippen LogP contribution >= 0.6 is 0 Å². The van der Waals surface area contributed by atoms with Crippen molar-refractivity contribution in [2.75, 3.05) is 5.75 Å². The summed E-state index contributed by atoms with van der Waals surface area (Å²) in [5, 5.41) is 13.2. The van der Waals surface area contributed by atoms with Gasteiger partial charge in [0.05, 0.1) is 17.9 Å². The van der Waals surface area contributed by atoms with Crippen molar-refractivity contribution < 1.29 is 22.9 Å². The molecule has 0 bridgehead atoms. The maximum atomic E-state index is 12.5. The Labute approximate surface area is 351 Å². The molecule has 2 atom stereocenters. The molecule has 0 aromatic carbocycles. The SMILES string of the molecule is CC/C=C\C/C=C\C/C=C\C/C=C\C/C=C\C/C=C\CCCCC(=O)NC(CS(=O)(=O)O)C(O)/C=C/CC/C=C/CCCCCCCCCCCCCCCCC. The first-order valence-electron chi connectivity index (χ1n) is 22.9. The second kappa shape index (κ2) is 42.9. The van der Waals surface area contributed by atoms with Crippen LogP contribution in [0.1, 0.15) is 194 Å². The van der Waals surface area contributed by atoms with E-state index in [9.17, 15) is 22.9 Å². The molecule has 0 radical (unpaired) electrons. The summed E-state index contributed by atoms with van der Waals surface area (Å²) in [4.78, 5) is 12.5. The number of hydrogen-bond donors (Lipinski definition) is 3. The van der Waals surface area contributed by atoms with Crippen LogP contribution in [-0.4, -0.2) is 41.9 Å². The molecule has 3 N–H and O–H groups in total. The van der Waals surface area contributed by atoms with Crippen molar-refractivity contribution in [1.29, 1.82) is 0 Å². The molecular formula is C50H85NO5S. The van der Waals surface area contributed by atoms with Gasteiger partial charge in [0.2, 0.25) is 5.91 Å². The molecule has 0 fully saturated rings. The predicted molar refractivity (Wildman–Crippen MR) is 248 cm³/mol. The standard InChI is InChI=1S/C50H85NO5S/c1-3-5-7-9-11-13-15-17-19-21-23-25-27-29-31-33-35-37-39-41-43-45-49(52)48(47-57(54,55)56)51-50(53)46-44-42-40-38-36-34-32-30-28-26-24-22-20-18-16-14-12-10-8-6-4-2/h6,8,12,14,18,20,24,26,30,32,35-38,43,45,48-49,52H,3-5,7,9-11,13,15-17,19,21-23,25,27-29,31,33-34,39-42,44,46-47H2,1-2H3,(H,51,53)(H,54,55,56)/b8-6-,14-12-,20-18-,26-24-,32-30-,37-35+,38-36-,45-43+. The van der Waals surface area contributed by atoms with Crippen LogP contribution in [0, 0.1) is 0 Å². The molecule has 2 unspecified atom stereocenters. The van der Waals surface area contributed by atoms with Gasteiger partial charge in [0.25, 0.3) is 10.1 Å². The highest BCUT2D eigenvalue weighted by Gasteiger charge is 2.24. The third-order valence-electron chi connectivity index (χ3n) is 9.74. The summed E-state index contributed by atoms with van der Waals surface area (Å²) in [5.41, 5.74) is 0. The molecule has 0 saturated heterocycles. The van der Waals surface area contributed by atoms with E-state index in [4.69, 9.17) is 0 Å². The number of aliphatic hydroxyl groups is 1. The fourth-order valence-corrected chi connectivity index (χ4v) is 7.08. The van der Waals surface area contributed by atoms with Crippen molar-refractivity contribution >= 4 is 16.0 Å². The van der Waals surface area contributed by atoms with E-state index in [1.807, 2.05) is 0 Å². The van der Waals surface area contributed by atoms with E-state index in [-0.39, 0.29) is 12.3 Å². The zero-order valence-corrected chi connectivity index (χ0v) is 37.2. The lowest BCUT2D eigenvalue weighted by Gasteiger charge is -2.21. The van der Waals surface area contributed by atoms with E-state index >= 15 is 0 Å². The van der Waals surface area contributed by atoms with E-state index in [1.54, 1.807) is 6.08 Å². The molecule has 0 aromatic rings. The highest BCUT2D eigenvalue weighted by molar-refractivity contribution is 7.85. The summed E-state index contributed by atoms with van der Waals surface area (Å²) in [6.07, 6.45) is 64.0. The lowest BCUT2D eigenvalue weighted by molar-refractivity contribution is -0.122. The molecule has 1 amide bonds. The first-order valence-corrected chi connectivity index (χ1v) is 24.5. The van der Waals surface area contributed by atoms with Crippen LogP contribution in [0.3, 0.4) is 0 Å². The highest BCUT2D eigenvalue weighted by Crippen LogP contribution is 2.14. The number of nitrogens with one attached hydrogen (secondary N) is 1. The summed E-state index contributed by atoms with van der Waals surface area (Å²) in [7, 11) is -4.38. The van der Waals surface area contributed by atoms with Gasteiger partial charge in [-0.3, -0.25) is 9.35 Å². The van der Waals surface area contributed by atoms with Crippen molar-refractivity contribution in [3.05, 3.63) is 97.2 Å². The smallest absolute Gasteiger partial charge is 0.267 e. The molecule has 0 aromatic heterocycles. The Bertz CT molecular complexity index is 1260. The first-order chi connectivity index (χ1) is 27.8. The molecule has 7 heteroatoms. The number of amides is 1. The summed E-state index contributed by atoms with van der Waals surface area (Å²) >= 11 is 0. The Balaban J connectivity index is 4.03. The van der Waals surface area contributed by atoms with Crippen molar-refractivity contribution in [1.82, 2.24) is 5.32 Å². The number of rotatable bonds is 40. The van der Waals surface area contributed by atoms with Gasteiger partial charge in [-0.25, -0.2) is 0 Å². The number of hydrogen-bond acceptors (Lipinski definition) is 4. The molecule has 0 spiro atoms. The van der Waals surface area contributed by atoms with Crippen LogP contribution in [0.4, 0.5) is 0 Å². The molecule has 0 aliphatic carbocycles. The highest BCUT2D eigenvalue weighted by atomic mass is 32.2. The number of carbonyl (C=O) groups is 1. The predicted octanol–water partition coefficient (Wildman–Crippen LogP) is 14.1. The Morgan fingerprint density at radius 3 is 1.32 bits per heavy atom. The minimum absolute atomic E-state index is 0.227. The number of aliphatic hydroxyl groups excluding tert-OH is 1. The fraction of sp³-hybridized carbons (Fsp3) is 0.660. The van der Waals surface area contributed by atoms with Crippen LogP contribution in [0.5, 0.6) is 0 Å². The van der Waals surface area contributed by atoms with Gasteiger partial charge in [-0.2, -0.15) is 8.42 Å². The van der Waals surface area contributed by atoms with Gasteiger partial charge in [-0.15, -0.1) is 0 Å². The van der Waals surface area contributed by atoms with Crippen molar-refractivity contribution in [3.63, 3.8) is 0 Å². The Kier molecular flexibility index (Phi) is 40.8. The number of carbonyl (C=O) groups excluding carboxylic acids is 1. The monoisotopic (exact) mass is 812 g/mol. The minimum atomic E-state index is -4.38. The number of unbranched alkanes of at least 4 members (excludes halogenated alkanes) is 18. The molecule has 0 heterocycles. The van der Waals surface area contributed by atoms with E-state index in [1.165, 1.54) is 102 Å². The first kappa shape index (κ1) is 54.3. The maximum Gasteiger partial charge on any atom is 0.267 e. The third-order valence-corrected chi connectivity index (χ3v) is 10.5. The summed E-state index contributed by atoms with van der Waals surface area (Å²) in [5.74, 6) is -1.07. The number of allylic oxidation sites excluding steroid dienone is 15. The average Bonchev–Trinajstić information content (AvgIpc) is 3.18.